The van der Waals surface area contributed by atoms with Gasteiger partial charge >= 0.3 is 0 Å². The first-order valence-corrected chi connectivity index (χ1v) is 23.2. The zero-order valence-corrected chi connectivity index (χ0v) is 36.5. The van der Waals surface area contributed by atoms with E-state index in [4.69, 9.17) is 0 Å². The molecule has 0 unspecified atom stereocenters. The summed E-state index contributed by atoms with van der Waals surface area (Å²) in [5, 5.41) is 2.50. The predicted molar refractivity (Wildman–Crippen MR) is 278 cm³/mol. The summed E-state index contributed by atoms with van der Waals surface area (Å²) in [6.45, 7) is 0. The van der Waals surface area contributed by atoms with Gasteiger partial charge in [-0.05, 0) is 149 Å². The number of rotatable bonds is 7. The zero-order valence-electron chi connectivity index (χ0n) is 36.5. The fraction of sp³-hybridized carbons (Fsp3) is 0.0462. The minimum Gasteiger partial charge on any atom is -0.310 e. The van der Waals surface area contributed by atoms with E-state index >= 15 is 0 Å². The van der Waals surface area contributed by atoms with Crippen LogP contribution in [0, 0.1) is 0 Å². The molecule has 66 heavy (non-hydrogen) atoms. The summed E-state index contributed by atoms with van der Waals surface area (Å²) in [7, 11) is 0. The lowest BCUT2D eigenvalue weighted by Gasteiger charge is -2.32. The van der Waals surface area contributed by atoms with Gasteiger partial charge in [0, 0.05) is 17.1 Å². The van der Waals surface area contributed by atoms with Gasteiger partial charge in [0.05, 0.1) is 5.41 Å². The van der Waals surface area contributed by atoms with Crippen molar-refractivity contribution in [3.63, 3.8) is 0 Å². The molecule has 310 valence electrons. The summed E-state index contributed by atoms with van der Waals surface area (Å²) in [6.07, 6.45) is 9.13. The van der Waals surface area contributed by atoms with Crippen molar-refractivity contribution in [2.75, 3.05) is 4.90 Å². The maximum atomic E-state index is 2.50. The Hall–Kier alpha value is -8.26. The molecule has 1 spiro atoms. The van der Waals surface area contributed by atoms with Crippen molar-refractivity contribution in [3.05, 3.63) is 277 Å². The van der Waals surface area contributed by atoms with Gasteiger partial charge in [-0.25, -0.2) is 0 Å². The smallest absolute Gasteiger partial charge is 0.0726 e. The number of benzene rings is 10. The van der Waals surface area contributed by atoms with Crippen molar-refractivity contribution in [2.45, 2.75) is 18.3 Å². The predicted octanol–water partition coefficient (Wildman–Crippen LogP) is 17.4. The molecule has 1 nitrogen and oxygen atoms in total. The van der Waals surface area contributed by atoms with Crippen LogP contribution in [0.15, 0.2) is 249 Å². The molecule has 3 aliphatic rings. The molecular formula is C65H45N. The molecule has 0 amide bonds. The summed E-state index contributed by atoms with van der Waals surface area (Å²) in [5.41, 5.74) is 23.2. The Morgan fingerprint density at radius 1 is 0.318 bits per heavy atom. The first-order chi connectivity index (χ1) is 32.8. The van der Waals surface area contributed by atoms with Crippen LogP contribution in [-0.2, 0) is 5.41 Å². The van der Waals surface area contributed by atoms with Gasteiger partial charge in [-0.2, -0.15) is 0 Å². The Labute approximate surface area is 386 Å². The van der Waals surface area contributed by atoms with Gasteiger partial charge in [0.2, 0.25) is 0 Å². The molecule has 3 aliphatic carbocycles. The van der Waals surface area contributed by atoms with Crippen molar-refractivity contribution < 1.29 is 0 Å². The summed E-state index contributed by atoms with van der Waals surface area (Å²) >= 11 is 0. The van der Waals surface area contributed by atoms with Crippen LogP contribution in [-0.4, -0.2) is 0 Å². The Morgan fingerprint density at radius 3 is 1.50 bits per heavy atom. The first kappa shape index (κ1) is 38.2. The van der Waals surface area contributed by atoms with Crippen LogP contribution >= 0.6 is 0 Å². The topological polar surface area (TPSA) is 3.24 Å². The van der Waals surface area contributed by atoms with Gasteiger partial charge in [0.1, 0.15) is 0 Å². The van der Waals surface area contributed by atoms with Crippen LogP contribution in [0.3, 0.4) is 0 Å². The molecular weight excluding hydrogens is 795 g/mol. The molecule has 0 aromatic heterocycles. The Bertz CT molecular complexity index is 3520. The van der Waals surface area contributed by atoms with Gasteiger partial charge in [-0.15, -0.1) is 0 Å². The fourth-order valence-corrected chi connectivity index (χ4v) is 11.5. The van der Waals surface area contributed by atoms with E-state index in [9.17, 15) is 0 Å². The largest absolute Gasteiger partial charge is 0.310 e. The highest BCUT2D eigenvalue weighted by Gasteiger charge is 2.51. The maximum absolute atomic E-state index is 2.50. The van der Waals surface area contributed by atoms with Crippen LogP contribution in [0.2, 0.25) is 0 Å². The van der Waals surface area contributed by atoms with E-state index in [0.29, 0.717) is 0 Å². The van der Waals surface area contributed by atoms with Gasteiger partial charge in [-0.1, -0.05) is 212 Å². The van der Waals surface area contributed by atoms with E-state index in [-0.39, 0.29) is 0 Å². The highest BCUT2D eigenvalue weighted by Crippen LogP contribution is 2.63. The Kier molecular flexibility index (Phi) is 8.96. The fourth-order valence-electron chi connectivity index (χ4n) is 11.5. The SMILES string of the molecule is C1=CC(c2ccccc2-c2ccc(N(c3ccc(-c4cccc5ccccc45)cc3)c3ccc4c(c3)C3(c5ccccc5-c5ccccc53)c3ccccc3-4)cc2-c2ccccc2)=CCC1. The average Bonchev–Trinajstić information content (AvgIpc) is 3.86. The van der Waals surface area contributed by atoms with E-state index in [1.165, 1.54) is 99.8 Å². The van der Waals surface area contributed by atoms with Gasteiger partial charge in [-0.3, -0.25) is 0 Å². The molecule has 13 rings (SSSR count). The molecule has 0 radical (unpaired) electrons. The lowest BCUT2D eigenvalue weighted by molar-refractivity contribution is 0.793. The lowest BCUT2D eigenvalue weighted by atomic mass is 9.70. The van der Waals surface area contributed by atoms with Crippen LogP contribution in [0.1, 0.15) is 40.7 Å². The average molecular weight is 840 g/mol. The molecule has 10 aromatic carbocycles. The molecule has 0 aliphatic heterocycles. The molecule has 0 atom stereocenters. The number of anilines is 3. The molecule has 0 saturated carbocycles. The van der Waals surface area contributed by atoms with E-state index in [1.807, 2.05) is 0 Å². The summed E-state index contributed by atoms with van der Waals surface area (Å²) in [5.74, 6) is 0. The van der Waals surface area contributed by atoms with Crippen LogP contribution in [0.4, 0.5) is 17.1 Å². The molecule has 0 bridgehead atoms. The van der Waals surface area contributed by atoms with Crippen molar-refractivity contribution in [1.29, 1.82) is 0 Å². The zero-order chi connectivity index (χ0) is 43.6. The Morgan fingerprint density at radius 2 is 0.818 bits per heavy atom. The maximum Gasteiger partial charge on any atom is 0.0726 e. The number of fused-ring (bicyclic) bond motifs is 11. The highest BCUT2D eigenvalue weighted by atomic mass is 15.1. The number of nitrogens with zero attached hydrogens (tertiary/aromatic N) is 1. The van der Waals surface area contributed by atoms with Crippen molar-refractivity contribution in [1.82, 2.24) is 0 Å². The summed E-state index contributed by atoms with van der Waals surface area (Å²) in [4.78, 5) is 2.48. The van der Waals surface area contributed by atoms with E-state index in [2.05, 4.69) is 254 Å². The first-order valence-electron chi connectivity index (χ1n) is 23.2. The lowest BCUT2D eigenvalue weighted by Crippen LogP contribution is -2.26. The highest BCUT2D eigenvalue weighted by molar-refractivity contribution is 5.99. The van der Waals surface area contributed by atoms with Crippen molar-refractivity contribution in [2.24, 2.45) is 0 Å². The number of hydrogen-bond acceptors (Lipinski definition) is 1. The minimum absolute atomic E-state index is 0.454. The molecule has 0 heterocycles. The van der Waals surface area contributed by atoms with E-state index in [0.717, 1.165) is 29.9 Å². The summed E-state index contributed by atoms with van der Waals surface area (Å²) < 4.78 is 0. The van der Waals surface area contributed by atoms with E-state index < -0.39 is 5.41 Å². The minimum atomic E-state index is -0.454. The third-order valence-corrected chi connectivity index (χ3v) is 14.3. The normalized spacial score (nSPS) is 13.8. The van der Waals surface area contributed by atoms with Crippen molar-refractivity contribution in [3.8, 4) is 55.6 Å². The standard InChI is InChI=1S/C65H45N/c1-3-18-44(19-4-1)53-25-9-10-26-54(53)55-40-38-49(42-60(55)46-20-5-2-6-21-46)66(48-36-34-47(35-37-48)52-30-17-23-45-22-7-8-24-51(45)52)50-39-41-59-58-29-13-16-33-63(58)65(64(59)43-50)61-31-14-11-27-56(61)57-28-12-15-32-62(57)65/h2-3,5-43H,1,4H2. The van der Waals surface area contributed by atoms with Crippen molar-refractivity contribution >= 4 is 33.4 Å². The third-order valence-electron chi connectivity index (χ3n) is 14.3. The summed E-state index contributed by atoms with van der Waals surface area (Å²) in [6, 6.07) is 85.9. The third kappa shape index (κ3) is 5.87. The molecule has 1 heteroatoms. The number of hydrogen-bond donors (Lipinski definition) is 0. The van der Waals surface area contributed by atoms with Gasteiger partial charge < -0.3 is 4.90 Å². The second-order valence-electron chi connectivity index (χ2n) is 17.8. The monoisotopic (exact) mass is 839 g/mol. The van der Waals surface area contributed by atoms with Crippen LogP contribution < -0.4 is 4.90 Å². The van der Waals surface area contributed by atoms with Crippen LogP contribution in [0.5, 0.6) is 0 Å². The quantitative estimate of drug-likeness (QED) is 0.155. The van der Waals surface area contributed by atoms with Crippen LogP contribution in [0.25, 0.3) is 72.0 Å². The Balaban J connectivity index is 1.04. The van der Waals surface area contributed by atoms with Gasteiger partial charge in [0.15, 0.2) is 0 Å². The molecule has 0 saturated heterocycles. The van der Waals surface area contributed by atoms with Gasteiger partial charge in [0.25, 0.3) is 0 Å². The van der Waals surface area contributed by atoms with E-state index in [1.54, 1.807) is 0 Å². The molecule has 0 N–H and O–H groups in total. The number of allylic oxidation sites excluding steroid dienone is 4. The molecule has 0 fully saturated rings. The second kappa shape index (κ2) is 15.5. The molecule has 10 aromatic rings. The second-order valence-corrected chi connectivity index (χ2v) is 17.8.